The fourth-order valence-electron chi connectivity index (χ4n) is 3.36. The zero-order valence-electron chi connectivity index (χ0n) is 12.3. The van der Waals surface area contributed by atoms with Crippen LogP contribution in [0.25, 0.3) is 0 Å². The smallest absolute Gasteiger partial charge is 0.267 e. The topological polar surface area (TPSA) is 53.0 Å². The number of aliphatic hydroxyl groups is 1. The molecule has 0 radical (unpaired) electrons. The van der Waals surface area contributed by atoms with Crippen LogP contribution in [-0.4, -0.2) is 66.2 Å². The molecule has 0 aromatic carbocycles. The van der Waals surface area contributed by atoms with Crippen molar-refractivity contribution in [3.05, 3.63) is 16.3 Å². The van der Waals surface area contributed by atoms with Crippen LogP contribution < -0.4 is 4.74 Å². The number of hydrogen-bond acceptors (Lipinski definition) is 5. The summed E-state index contributed by atoms with van der Waals surface area (Å²) < 4.78 is 5.23. The second kappa shape index (κ2) is 6.34. The van der Waals surface area contributed by atoms with Crippen molar-refractivity contribution in [1.29, 1.82) is 0 Å². The lowest BCUT2D eigenvalue weighted by atomic mass is 10.1. The van der Waals surface area contributed by atoms with Gasteiger partial charge in [0.15, 0.2) is 0 Å². The molecule has 2 fully saturated rings. The molecule has 2 atom stereocenters. The van der Waals surface area contributed by atoms with Gasteiger partial charge in [-0.2, -0.15) is 0 Å². The first-order chi connectivity index (χ1) is 10.2. The van der Waals surface area contributed by atoms with Gasteiger partial charge in [0.1, 0.15) is 10.6 Å². The lowest BCUT2D eigenvalue weighted by molar-refractivity contribution is 0.0316. The van der Waals surface area contributed by atoms with Crippen LogP contribution in [0, 0.1) is 0 Å². The van der Waals surface area contributed by atoms with Crippen molar-refractivity contribution < 1.29 is 14.6 Å². The Morgan fingerprint density at radius 2 is 2.10 bits per heavy atom. The largest absolute Gasteiger partial charge is 0.495 e. The number of carbonyl (C=O) groups excluding carboxylic acids is 1. The summed E-state index contributed by atoms with van der Waals surface area (Å²) in [5, 5.41) is 11.9. The number of amides is 1. The number of carbonyl (C=O) groups is 1. The standard InChI is InChI=1S/C15H22N2O3S/c1-20-13-5-10-21-14(13)15(19)17-8-6-16(7-9-17)11-3-2-4-12(11)18/h5,10-12,18H,2-4,6-9H2,1H3/t11-,12-/m0/s1. The SMILES string of the molecule is COc1ccsc1C(=O)N1CCN([C@H]2CCC[C@@H]2O)CC1. The van der Waals surface area contributed by atoms with Crippen molar-refractivity contribution >= 4 is 17.2 Å². The molecule has 1 aromatic heterocycles. The molecular weight excluding hydrogens is 288 g/mol. The second-order valence-electron chi connectivity index (χ2n) is 5.71. The minimum absolute atomic E-state index is 0.0634. The van der Waals surface area contributed by atoms with Crippen molar-refractivity contribution in [2.24, 2.45) is 0 Å². The summed E-state index contributed by atoms with van der Waals surface area (Å²) in [4.78, 5) is 17.4. The lowest BCUT2D eigenvalue weighted by Gasteiger charge is -2.39. The first-order valence-corrected chi connectivity index (χ1v) is 8.41. The van der Waals surface area contributed by atoms with Gasteiger partial charge in [0.2, 0.25) is 0 Å². The number of methoxy groups -OCH3 is 1. The maximum Gasteiger partial charge on any atom is 0.267 e. The van der Waals surface area contributed by atoms with E-state index in [-0.39, 0.29) is 12.0 Å². The second-order valence-corrected chi connectivity index (χ2v) is 6.63. The molecule has 0 spiro atoms. The van der Waals surface area contributed by atoms with Crippen molar-refractivity contribution in [1.82, 2.24) is 9.80 Å². The molecule has 0 bridgehead atoms. The predicted octanol–water partition coefficient (Wildman–Crippen LogP) is 1.43. The zero-order chi connectivity index (χ0) is 14.8. The summed E-state index contributed by atoms with van der Waals surface area (Å²) in [6.45, 7) is 3.15. The number of thiophene rings is 1. The van der Waals surface area contributed by atoms with E-state index in [1.807, 2.05) is 16.3 Å². The first kappa shape index (κ1) is 14.8. The fourth-order valence-corrected chi connectivity index (χ4v) is 4.19. The van der Waals surface area contributed by atoms with E-state index in [1.165, 1.54) is 11.3 Å². The van der Waals surface area contributed by atoms with Crippen molar-refractivity contribution in [2.75, 3.05) is 33.3 Å². The number of hydrogen-bond donors (Lipinski definition) is 1. The third-order valence-electron chi connectivity index (χ3n) is 4.56. The van der Waals surface area contributed by atoms with E-state index in [1.54, 1.807) is 7.11 Å². The summed E-state index contributed by atoms with van der Waals surface area (Å²) in [5.41, 5.74) is 0. The molecule has 6 heteroatoms. The van der Waals surface area contributed by atoms with Crippen LogP contribution in [0.15, 0.2) is 11.4 Å². The molecule has 1 saturated heterocycles. The highest BCUT2D eigenvalue weighted by molar-refractivity contribution is 7.12. The minimum Gasteiger partial charge on any atom is -0.495 e. The van der Waals surface area contributed by atoms with E-state index in [2.05, 4.69) is 4.90 Å². The fraction of sp³-hybridized carbons (Fsp3) is 0.667. The summed E-state index contributed by atoms with van der Waals surface area (Å²) >= 11 is 1.43. The van der Waals surface area contributed by atoms with Gasteiger partial charge in [-0.05, 0) is 30.7 Å². The Bertz CT molecular complexity index is 497. The van der Waals surface area contributed by atoms with E-state index in [4.69, 9.17) is 4.74 Å². The van der Waals surface area contributed by atoms with Crippen LogP contribution in [0.4, 0.5) is 0 Å². The molecule has 3 rings (SSSR count). The van der Waals surface area contributed by atoms with Crippen LogP contribution in [0.1, 0.15) is 28.9 Å². The van der Waals surface area contributed by atoms with Gasteiger partial charge < -0.3 is 14.7 Å². The van der Waals surface area contributed by atoms with E-state index >= 15 is 0 Å². The Morgan fingerprint density at radius 3 is 2.71 bits per heavy atom. The highest BCUT2D eigenvalue weighted by Crippen LogP contribution is 2.28. The van der Waals surface area contributed by atoms with Crippen molar-refractivity contribution in [2.45, 2.75) is 31.4 Å². The number of piperazine rings is 1. The van der Waals surface area contributed by atoms with E-state index in [0.717, 1.165) is 45.4 Å². The molecular formula is C15H22N2O3S. The Hall–Kier alpha value is -1.11. The highest BCUT2D eigenvalue weighted by Gasteiger charge is 2.34. The molecule has 2 aliphatic rings. The average Bonchev–Trinajstić information content (AvgIpc) is 3.15. The lowest BCUT2D eigenvalue weighted by Crippen LogP contribution is -2.53. The van der Waals surface area contributed by atoms with E-state index < -0.39 is 0 Å². The van der Waals surface area contributed by atoms with Gasteiger partial charge in [-0.1, -0.05) is 0 Å². The van der Waals surface area contributed by atoms with Gasteiger partial charge in [-0.25, -0.2) is 0 Å². The van der Waals surface area contributed by atoms with Gasteiger partial charge in [0, 0.05) is 32.2 Å². The maximum atomic E-state index is 12.5. The van der Waals surface area contributed by atoms with Gasteiger partial charge in [-0.3, -0.25) is 9.69 Å². The van der Waals surface area contributed by atoms with Crippen molar-refractivity contribution in [3.8, 4) is 5.75 Å². The Balaban J connectivity index is 1.59. The maximum absolute atomic E-state index is 12.5. The molecule has 1 amide bonds. The number of nitrogens with zero attached hydrogens (tertiary/aromatic N) is 2. The molecule has 21 heavy (non-hydrogen) atoms. The third kappa shape index (κ3) is 2.93. The molecule has 1 aliphatic heterocycles. The van der Waals surface area contributed by atoms with E-state index in [9.17, 15) is 9.90 Å². The third-order valence-corrected chi connectivity index (χ3v) is 5.44. The van der Waals surface area contributed by atoms with Crippen LogP contribution in [0.5, 0.6) is 5.75 Å². The summed E-state index contributed by atoms with van der Waals surface area (Å²) in [6, 6.07) is 2.13. The summed E-state index contributed by atoms with van der Waals surface area (Å²) in [6.07, 6.45) is 2.91. The highest BCUT2D eigenvalue weighted by atomic mass is 32.1. The van der Waals surface area contributed by atoms with Crippen LogP contribution in [-0.2, 0) is 0 Å². The Kier molecular flexibility index (Phi) is 4.47. The number of ether oxygens (including phenoxy) is 1. The van der Waals surface area contributed by atoms with Gasteiger partial charge >= 0.3 is 0 Å². The normalized spacial score (nSPS) is 27.0. The number of aliphatic hydroxyl groups excluding tert-OH is 1. The minimum atomic E-state index is -0.190. The Morgan fingerprint density at radius 1 is 1.33 bits per heavy atom. The molecule has 1 aromatic rings. The monoisotopic (exact) mass is 310 g/mol. The molecule has 2 heterocycles. The molecule has 1 aliphatic carbocycles. The molecule has 5 nitrogen and oxygen atoms in total. The van der Waals surface area contributed by atoms with Gasteiger partial charge in [0.25, 0.3) is 5.91 Å². The first-order valence-electron chi connectivity index (χ1n) is 7.53. The molecule has 116 valence electrons. The molecule has 1 N–H and O–H groups in total. The Labute approximate surface area is 129 Å². The molecule has 1 saturated carbocycles. The van der Waals surface area contributed by atoms with E-state index in [0.29, 0.717) is 16.7 Å². The zero-order valence-corrected chi connectivity index (χ0v) is 13.1. The quantitative estimate of drug-likeness (QED) is 0.917. The molecule has 0 unspecified atom stereocenters. The summed E-state index contributed by atoms with van der Waals surface area (Å²) in [7, 11) is 1.60. The average molecular weight is 310 g/mol. The van der Waals surface area contributed by atoms with Crippen LogP contribution in [0.2, 0.25) is 0 Å². The predicted molar refractivity (Wildman–Crippen MR) is 82.0 cm³/mol. The van der Waals surface area contributed by atoms with Crippen molar-refractivity contribution in [3.63, 3.8) is 0 Å². The van der Waals surface area contributed by atoms with Gasteiger partial charge in [-0.15, -0.1) is 11.3 Å². The number of rotatable bonds is 3. The van der Waals surface area contributed by atoms with Crippen LogP contribution in [0.3, 0.4) is 0 Å². The van der Waals surface area contributed by atoms with Crippen LogP contribution >= 0.6 is 11.3 Å². The summed E-state index contributed by atoms with van der Waals surface area (Å²) in [5.74, 6) is 0.729. The van der Waals surface area contributed by atoms with Gasteiger partial charge in [0.05, 0.1) is 13.2 Å².